The van der Waals surface area contributed by atoms with Gasteiger partial charge in [0.25, 0.3) is 0 Å². The molecule has 0 saturated heterocycles. The molecule has 0 fully saturated rings. The third kappa shape index (κ3) is 5.25. The van der Waals surface area contributed by atoms with E-state index in [2.05, 4.69) is 4.72 Å². The molecule has 0 amide bonds. The smallest absolute Gasteiger partial charge is 0.335 e. The molecule has 0 aliphatic heterocycles. The van der Waals surface area contributed by atoms with Gasteiger partial charge in [-0.1, -0.05) is 12.1 Å². The van der Waals surface area contributed by atoms with Gasteiger partial charge in [0.2, 0.25) is 10.0 Å². The monoisotopic (exact) mass is 303 g/mol. The average molecular weight is 303 g/mol. The summed E-state index contributed by atoms with van der Waals surface area (Å²) in [6.07, 6.45) is 0. The SMILES string of the molecule is CC(O)(CO)CNS(=O)(=O)Cc1ccc(C(=O)O)cc1. The second-order valence-electron chi connectivity index (χ2n) is 4.74. The van der Waals surface area contributed by atoms with E-state index in [0.717, 1.165) is 0 Å². The Morgan fingerprint density at radius 1 is 1.30 bits per heavy atom. The van der Waals surface area contributed by atoms with Crippen LogP contribution in [0.4, 0.5) is 0 Å². The van der Waals surface area contributed by atoms with Gasteiger partial charge in [-0.15, -0.1) is 0 Å². The predicted octanol–water partition coefficient (Wildman–Crippen LogP) is -0.452. The van der Waals surface area contributed by atoms with Crippen LogP contribution in [0, 0.1) is 0 Å². The maximum Gasteiger partial charge on any atom is 0.335 e. The Morgan fingerprint density at radius 3 is 2.30 bits per heavy atom. The quantitative estimate of drug-likeness (QED) is 0.541. The number of aromatic carboxylic acids is 1. The van der Waals surface area contributed by atoms with E-state index in [9.17, 15) is 18.3 Å². The lowest BCUT2D eigenvalue weighted by Crippen LogP contribution is -2.43. The molecule has 0 saturated carbocycles. The van der Waals surface area contributed by atoms with Crippen molar-refractivity contribution >= 4 is 16.0 Å². The van der Waals surface area contributed by atoms with Crippen molar-refractivity contribution in [1.29, 1.82) is 0 Å². The van der Waals surface area contributed by atoms with Crippen LogP contribution in [0.5, 0.6) is 0 Å². The van der Waals surface area contributed by atoms with Crippen LogP contribution < -0.4 is 4.72 Å². The van der Waals surface area contributed by atoms with E-state index >= 15 is 0 Å². The maximum atomic E-state index is 11.8. The number of hydrogen-bond donors (Lipinski definition) is 4. The second kappa shape index (κ2) is 6.31. The van der Waals surface area contributed by atoms with Crippen LogP contribution in [-0.4, -0.2) is 48.5 Å². The first-order chi connectivity index (χ1) is 9.15. The van der Waals surface area contributed by atoms with E-state index in [4.69, 9.17) is 10.2 Å². The fourth-order valence-electron chi connectivity index (χ4n) is 1.34. The molecule has 8 heteroatoms. The molecular formula is C12H17NO6S. The number of rotatable bonds is 7. The second-order valence-corrected chi connectivity index (χ2v) is 6.54. The highest BCUT2D eigenvalue weighted by Crippen LogP contribution is 2.09. The summed E-state index contributed by atoms with van der Waals surface area (Å²) in [6.45, 7) is 0.430. The summed E-state index contributed by atoms with van der Waals surface area (Å²) in [5.41, 5.74) is -1.03. The molecule has 1 rings (SSSR count). The van der Waals surface area contributed by atoms with Crippen LogP contribution in [0.1, 0.15) is 22.8 Å². The highest BCUT2D eigenvalue weighted by atomic mass is 32.2. The van der Waals surface area contributed by atoms with E-state index in [1.165, 1.54) is 31.2 Å². The Bertz CT molecular complexity index is 564. The van der Waals surface area contributed by atoms with Gasteiger partial charge in [-0.3, -0.25) is 0 Å². The molecule has 20 heavy (non-hydrogen) atoms. The van der Waals surface area contributed by atoms with Gasteiger partial charge in [0.05, 0.1) is 23.5 Å². The molecule has 0 radical (unpaired) electrons. The summed E-state index contributed by atoms with van der Waals surface area (Å²) in [5, 5.41) is 27.1. The minimum Gasteiger partial charge on any atom is -0.478 e. The van der Waals surface area contributed by atoms with Crippen LogP contribution in [0.3, 0.4) is 0 Å². The number of carbonyl (C=O) groups is 1. The Labute approximate surface area is 116 Å². The van der Waals surface area contributed by atoms with Crippen molar-refractivity contribution < 1.29 is 28.5 Å². The van der Waals surface area contributed by atoms with E-state index in [-0.39, 0.29) is 17.9 Å². The molecule has 112 valence electrons. The van der Waals surface area contributed by atoms with Crippen molar-refractivity contribution in [1.82, 2.24) is 4.72 Å². The summed E-state index contributed by atoms with van der Waals surface area (Å²) < 4.78 is 25.7. The fourth-order valence-corrected chi connectivity index (χ4v) is 2.60. The van der Waals surface area contributed by atoms with Crippen molar-refractivity contribution in [3.63, 3.8) is 0 Å². The molecule has 0 spiro atoms. The number of aliphatic hydroxyl groups is 2. The molecule has 0 aliphatic carbocycles. The Kier molecular flexibility index (Phi) is 5.23. The lowest BCUT2D eigenvalue weighted by Gasteiger charge is -2.20. The number of carboxylic acid groups (broad SMARTS) is 1. The lowest BCUT2D eigenvalue weighted by molar-refractivity contribution is 0.00680. The van der Waals surface area contributed by atoms with Gasteiger partial charge in [-0.25, -0.2) is 17.9 Å². The Hall–Kier alpha value is -1.48. The predicted molar refractivity (Wildman–Crippen MR) is 71.7 cm³/mol. The molecule has 4 N–H and O–H groups in total. The largest absolute Gasteiger partial charge is 0.478 e. The van der Waals surface area contributed by atoms with Gasteiger partial charge >= 0.3 is 5.97 Å². The lowest BCUT2D eigenvalue weighted by atomic mass is 10.1. The van der Waals surface area contributed by atoms with Crippen molar-refractivity contribution in [3.8, 4) is 0 Å². The number of benzene rings is 1. The molecule has 0 aromatic heterocycles. The van der Waals surface area contributed by atoms with Crippen LogP contribution in [-0.2, 0) is 15.8 Å². The molecular weight excluding hydrogens is 286 g/mol. The van der Waals surface area contributed by atoms with Crippen molar-refractivity contribution in [2.45, 2.75) is 18.3 Å². The van der Waals surface area contributed by atoms with Gasteiger partial charge in [-0.2, -0.15) is 0 Å². The number of carboxylic acids is 1. The zero-order chi connectivity index (χ0) is 15.4. The molecule has 1 unspecified atom stereocenters. The van der Waals surface area contributed by atoms with Crippen LogP contribution >= 0.6 is 0 Å². The minimum atomic E-state index is -3.68. The fraction of sp³-hybridized carbons (Fsp3) is 0.417. The molecule has 1 atom stereocenters. The minimum absolute atomic E-state index is 0.0716. The number of hydrogen-bond acceptors (Lipinski definition) is 5. The van der Waals surface area contributed by atoms with Crippen molar-refractivity contribution in [2.24, 2.45) is 0 Å². The maximum absolute atomic E-state index is 11.8. The van der Waals surface area contributed by atoms with Crippen LogP contribution in [0.15, 0.2) is 24.3 Å². The number of aliphatic hydroxyl groups excluding tert-OH is 1. The van der Waals surface area contributed by atoms with E-state index in [1.807, 2.05) is 0 Å². The summed E-state index contributed by atoms with van der Waals surface area (Å²) in [6, 6.07) is 5.45. The molecule has 1 aromatic rings. The highest BCUT2D eigenvalue weighted by molar-refractivity contribution is 7.88. The first-order valence-corrected chi connectivity index (χ1v) is 7.43. The van der Waals surface area contributed by atoms with E-state index < -0.39 is 28.2 Å². The number of nitrogens with one attached hydrogen (secondary N) is 1. The molecule has 0 heterocycles. The average Bonchev–Trinajstić information content (AvgIpc) is 2.37. The van der Waals surface area contributed by atoms with Gasteiger partial charge < -0.3 is 15.3 Å². The summed E-state index contributed by atoms with van der Waals surface area (Å²) in [7, 11) is -3.68. The summed E-state index contributed by atoms with van der Waals surface area (Å²) >= 11 is 0. The first kappa shape index (κ1) is 16.6. The zero-order valence-electron chi connectivity index (χ0n) is 10.9. The van der Waals surface area contributed by atoms with Gasteiger partial charge in [0.15, 0.2) is 0 Å². The van der Waals surface area contributed by atoms with Gasteiger partial charge in [0, 0.05) is 6.54 Å². The van der Waals surface area contributed by atoms with Crippen LogP contribution in [0.25, 0.3) is 0 Å². The van der Waals surface area contributed by atoms with Gasteiger partial charge in [-0.05, 0) is 24.6 Å². The third-order valence-electron chi connectivity index (χ3n) is 2.57. The van der Waals surface area contributed by atoms with Crippen LogP contribution in [0.2, 0.25) is 0 Å². The first-order valence-electron chi connectivity index (χ1n) is 5.78. The summed E-state index contributed by atoms with van der Waals surface area (Å²) in [5.74, 6) is -1.43. The standard InChI is InChI=1S/C12H17NO6S/c1-12(17,8-14)7-13-20(18,19)6-9-2-4-10(5-3-9)11(15)16/h2-5,13-14,17H,6-8H2,1H3,(H,15,16). The number of sulfonamides is 1. The zero-order valence-corrected chi connectivity index (χ0v) is 11.7. The van der Waals surface area contributed by atoms with E-state index in [0.29, 0.717) is 5.56 Å². The molecule has 1 aromatic carbocycles. The molecule has 7 nitrogen and oxygen atoms in total. The highest BCUT2D eigenvalue weighted by Gasteiger charge is 2.22. The summed E-state index contributed by atoms with van der Waals surface area (Å²) in [4.78, 5) is 10.7. The third-order valence-corrected chi connectivity index (χ3v) is 3.87. The van der Waals surface area contributed by atoms with Crippen molar-refractivity contribution in [2.75, 3.05) is 13.2 Å². The van der Waals surface area contributed by atoms with Gasteiger partial charge in [0.1, 0.15) is 0 Å². The Morgan fingerprint density at radius 2 is 1.85 bits per heavy atom. The molecule has 0 bridgehead atoms. The Balaban J connectivity index is 2.69. The normalized spacial score (nSPS) is 14.8. The molecule has 0 aliphatic rings. The van der Waals surface area contributed by atoms with E-state index in [1.54, 1.807) is 0 Å². The van der Waals surface area contributed by atoms with Crippen molar-refractivity contribution in [3.05, 3.63) is 35.4 Å². The topological polar surface area (TPSA) is 124 Å².